The summed E-state index contributed by atoms with van der Waals surface area (Å²) in [5, 5.41) is -0.00815. The van der Waals surface area contributed by atoms with Crippen molar-refractivity contribution in [3.8, 4) is 0 Å². The highest BCUT2D eigenvalue weighted by atomic mass is 79.9. The fourth-order valence-corrected chi connectivity index (χ4v) is 3.31. The van der Waals surface area contributed by atoms with Gasteiger partial charge in [-0.1, -0.05) is 22.9 Å². The topological polar surface area (TPSA) is 17.1 Å². The minimum absolute atomic E-state index is 0.00815. The Morgan fingerprint density at radius 3 is 3.00 bits per heavy atom. The molecule has 0 saturated carbocycles. The molecule has 0 radical (unpaired) electrons. The van der Waals surface area contributed by atoms with E-state index in [1.807, 2.05) is 6.92 Å². The predicted octanol–water partition coefficient (Wildman–Crippen LogP) is 3.80. The first-order valence-electron chi connectivity index (χ1n) is 4.77. The molecule has 15 heavy (non-hydrogen) atoms. The zero-order valence-electron chi connectivity index (χ0n) is 8.22. The Labute approximate surface area is 101 Å². The number of benzene rings is 1. The molecule has 1 atom stereocenters. The number of thioether (sulfide) groups is 1. The molecule has 0 aromatic heterocycles. The smallest absolute Gasteiger partial charge is 0.176 e. The SMILES string of the molecule is CCC1SCc2c(F)cc(Br)cc2C1=O. The average molecular weight is 289 g/mol. The van der Waals surface area contributed by atoms with Crippen molar-refractivity contribution in [1.82, 2.24) is 0 Å². The first kappa shape index (κ1) is 11.1. The number of rotatable bonds is 1. The summed E-state index contributed by atoms with van der Waals surface area (Å²) in [5.74, 6) is 0.373. The third-order valence-corrected chi connectivity index (χ3v) is 4.38. The Kier molecular flexibility index (Phi) is 3.16. The van der Waals surface area contributed by atoms with E-state index in [0.717, 1.165) is 6.42 Å². The summed E-state index contributed by atoms with van der Waals surface area (Å²) in [6, 6.07) is 3.14. The lowest BCUT2D eigenvalue weighted by Gasteiger charge is -2.22. The second-order valence-electron chi connectivity index (χ2n) is 3.49. The zero-order chi connectivity index (χ0) is 11.0. The standard InChI is InChI=1S/C11H10BrFOS/c1-2-10-11(14)7-3-6(12)4-9(13)8(7)5-15-10/h3-4,10H,2,5H2,1H3. The van der Waals surface area contributed by atoms with E-state index < -0.39 is 0 Å². The molecule has 0 N–H and O–H groups in total. The molecule has 0 spiro atoms. The van der Waals surface area contributed by atoms with Crippen LogP contribution in [-0.4, -0.2) is 11.0 Å². The minimum Gasteiger partial charge on any atom is -0.293 e. The summed E-state index contributed by atoms with van der Waals surface area (Å²) in [4.78, 5) is 11.9. The number of fused-ring (bicyclic) bond motifs is 1. The molecule has 80 valence electrons. The van der Waals surface area contributed by atoms with Gasteiger partial charge < -0.3 is 0 Å². The second kappa shape index (κ2) is 4.26. The van der Waals surface area contributed by atoms with Crippen LogP contribution < -0.4 is 0 Å². The van der Waals surface area contributed by atoms with Gasteiger partial charge in [-0.3, -0.25) is 4.79 Å². The third-order valence-electron chi connectivity index (χ3n) is 2.52. The molecule has 1 unspecified atom stereocenters. The highest BCUT2D eigenvalue weighted by Gasteiger charge is 2.28. The summed E-state index contributed by atoms with van der Waals surface area (Å²) < 4.78 is 14.2. The normalized spacial score (nSPS) is 20.2. The molecule has 0 amide bonds. The fourth-order valence-electron chi connectivity index (χ4n) is 1.71. The average Bonchev–Trinajstić information content (AvgIpc) is 2.19. The van der Waals surface area contributed by atoms with Gasteiger partial charge in [0.25, 0.3) is 0 Å². The lowest BCUT2D eigenvalue weighted by Crippen LogP contribution is -2.23. The summed E-state index contributed by atoms with van der Waals surface area (Å²) in [5.41, 5.74) is 1.10. The van der Waals surface area contributed by atoms with E-state index in [0.29, 0.717) is 21.4 Å². The van der Waals surface area contributed by atoms with Crippen molar-refractivity contribution in [2.24, 2.45) is 0 Å². The van der Waals surface area contributed by atoms with Crippen LogP contribution in [0.2, 0.25) is 0 Å². The van der Waals surface area contributed by atoms with Gasteiger partial charge in [-0.15, -0.1) is 11.8 Å². The zero-order valence-corrected chi connectivity index (χ0v) is 10.6. The van der Waals surface area contributed by atoms with Gasteiger partial charge >= 0.3 is 0 Å². The maximum Gasteiger partial charge on any atom is 0.176 e. The largest absolute Gasteiger partial charge is 0.293 e. The first-order chi connectivity index (χ1) is 7.13. The number of hydrogen-bond donors (Lipinski definition) is 0. The van der Waals surface area contributed by atoms with Gasteiger partial charge in [-0.2, -0.15) is 0 Å². The molecule has 1 nitrogen and oxygen atoms in total. The lowest BCUT2D eigenvalue weighted by molar-refractivity contribution is 0.0985. The molecule has 0 saturated heterocycles. The van der Waals surface area contributed by atoms with Gasteiger partial charge in [0.15, 0.2) is 5.78 Å². The van der Waals surface area contributed by atoms with E-state index >= 15 is 0 Å². The minimum atomic E-state index is -0.283. The van der Waals surface area contributed by atoms with Crippen LogP contribution in [-0.2, 0) is 5.75 Å². The van der Waals surface area contributed by atoms with Crippen LogP contribution in [0.15, 0.2) is 16.6 Å². The Hall–Kier alpha value is -0.350. The van der Waals surface area contributed by atoms with Crippen LogP contribution in [0.1, 0.15) is 29.3 Å². The second-order valence-corrected chi connectivity index (χ2v) is 5.59. The van der Waals surface area contributed by atoms with Crippen LogP contribution >= 0.6 is 27.7 Å². The summed E-state index contributed by atoms with van der Waals surface area (Å²) >= 11 is 4.74. The van der Waals surface area contributed by atoms with Gasteiger partial charge in [-0.05, 0) is 18.6 Å². The van der Waals surface area contributed by atoms with E-state index in [9.17, 15) is 9.18 Å². The van der Waals surface area contributed by atoms with Gasteiger partial charge in [-0.25, -0.2) is 4.39 Å². The van der Waals surface area contributed by atoms with Gasteiger partial charge in [0, 0.05) is 21.4 Å². The predicted molar refractivity (Wildman–Crippen MR) is 63.8 cm³/mol. The van der Waals surface area contributed by atoms with Crippen LogP contribution in [0, 0.1) is 5.82 Å². The number of halogens is 2. The Morgan fingerprint density at radius 2 is 2.33 bits per heavy atom. The van der Waals surface area contributed by atoms with Crippen molar-refractivity contribution in [3.63, 3.8) is 0 Å². The molecule has 0 bridgehead atoms. The van der Waals surface area contributed by atoms with E-state index in [2.05, 4.69) is 15.9 Å². The van der Waals surface area contributed by atoms with Crippen molar-refractivity contribution < 1.29 is 9.18 Å². The Balaban J connectivity index is 2.51. The van der Waals surface area contributed by atoms with E-state index in [-0.39, 0.29) is 16.9 Å². The monoisotopic (exact) mass is 288 g/mol. The molecule has 1 aromatic carbocycles. The van der Waals surface area contributed by atoms with Gasteiger partial charge in [0.05, 0.1) is 5.25 Å². The van der Waals surface area contributed by atoms with Crippen LogP contribution in [0.3, 0.4) is 0 Å². The highest BCUT2D eigenvalue weighted by Crippen LogP contribution is 2.34. The van der Waals surface area contributed by atoms with Crippen molar-refractivity contribution in [2.45, 2.75) is 24.3 Å². The summed E-state index contributed by atoms with van der Waals surface area (Å²) in [7, 11) is 0. The highest BCUT2D eigenvalue weighted by molar-refractivity contribution is 9.10. The number of ketones is 1. The van der Waals surface area contributed by atoms with Crippen molar-refractivity contribution >= 4 is 33.5 Å². The number of Topliss-reactive ketones (excluding diaryl/α,β-unsaturated/α-hetero) is 1. The van der Waals surface area contributed by atoms with E-state index in [1.165, 1.54) is 17.8 Å². The molecule has 1 heterocycles. The van der Waals surface area contributed by atoms with Gasteiger partial charge in [0.2, 0.25) is 0 Å². The molecule has 0 aliphatic carbocycles. The molecule has 0 fully saturated rings. The molecule has 1 aliphatic heterocycles. The quantitative estimate of drug-likeness (QED) is 0.782. The van der Waals surface area contributed by atoms with Crippen molar-refractivity contribution in [3.05, 3.63) is 33.5 Å². The maximum atomic E-state index is 13.5. The molecule has 2 rings (SSSR count). The fraction of sp³-hybridized carbons (Fsp3) is 0.364. The van der Waals surface area contributed by atoms with E-state index in [1.54, 1.807) is 6.07 Å². The number of hydrogen-bond acceptors (Lipinski definition) is 2. The summed E-state index contributed by atoms with van der Waals surface area (Å²) in [6.07, 6.45) is 0.803. The molecule has 4 heteroatoms. The van der Waals surface area contributed by atoms with Crippen molar-refractivity contribution in [1.29, 1.82) is 0 Å². The van der Waals surface area contributed by atoms with Gasteiger partial charge in [0.1, 0.15) is 5.82 Å². The molecular weight excluding hydrogens is 279 g/mol. The van der Waals surface area contributed by atoms with Crippen LogP contribution in [0.4, 0.5) is 4.39 Å². The third kappa shape index (κ3) is 1.97. The van der Waals surface area contributed by atoms with E-state index in [4.69, 9.17) is 0 Å². The Morgan fingerprint density at radius 1 is 1.60 bits per heavy atom. The molecule has 1 aliphatic rings. The van der Waals surface area contributed by atoms with Crippen molar-refractivity contribution in [2.75, 3.05) is 0 Å². The lowest BCUT2D eigenvalue weighted by atomic mass is 10.0. The summed E-state index contributed by atoms with van der Waals surface area (Å²) in [6.45, 7) is 1.98. The molecule has 1 aromatic rings. The van der Waals surface area contributed by atoms with Crippen LogP contribution in [0.5, 0.6) is 0 Å². The maximum absolute atomic E-state index is 13.5. The Bertz CT molecular complexity index is 419. The van der Waals surface area contributed by atoms with Crippen LogP contribution in [0.25, 0.3) is 0 Å². The number of carbonyl (C=O) groups is 1. The first-order valence-corrected chi connectivity index (χ1v) is 6.61. The molecular formula is C11H10BrFOS. The number of carbonyl (C=O) groups excluding carboxylic acids is 1.